The Labute approximate surface area is 216 Å². The Morgan fingerprint density at radius 1 is 0.667 bits per heavy atom. The maximum atomic E-state index is 4.62. The highest BCUT2D eigenvalue weighted by Gasteiger charge is 2.31. The van der Waals surface area contributed by atoms with Gasteiger partial charge in [0, 0.05) is 37.3 Å². The van der Waals surface area contributed by atoms with Crippen LogP contribution in [-0.2, 0) is 0 Å². The van der Waals surface area contributed by atoms with Crippen molar-refractivity contribution in [2.75, 3.05) is 26.2 Å². The number of thiazole rings is 1. The molecule has 1 fully saturated rings. The first-order valence-electron chi connectivity index (χ1n) is 12.6. The molecule has 1 aliphatic rings. The van der Waals surface area contributed by atoms with Gasteiger partial charge in [0.05, 0.1) is 12.1 Å². The predicted octanol–water partition coefficient (Wildman–Crippen LogP) is 5.90. The molecule has 0 saturated carbocycles. The average Bonchev–Trinajstić information content (AvgIpc) is 3.45. The second-order valence-electron chi connectivity index (χ2n) is 9.63. The molecular weight excluding hydrogens is 462 g/mol. The first kappa shape index (κ1) is 23.1. The Morgan fingerprint density at radius 2 is 1.19 bits per heavy atom. The molecule has 5 nitrogen and oxygen atoms in total. The van der Waals surface area contributed by atoms with Gasteiger partial charge in [-0.25, -0.2) is 9.50 Å². The van der Waals surface area contributed by atoms with E-state index in [-0.39, 0.29) is 12.1 Å². The molecule has 2 aromatic heterocycles. The Kier molecular flexibility index (Phi) is 6.40. The molecule has 0 amide bonds. The fourth-order valence-corrected chi connectivity index (χ4v) is 6.51. The van der Waals surface area contributed by atoms with Crippen LogP contribution >= 0.6 is 11.3 Å². The summed E-state index contributed by atoms with van der Waals surface area (Å²) in [6, 6.07) is 31.3. The second kappa shape index (κ2) is 9.97. The quantitative estimate of drug-likeness (QED) is 0.295. The van der Waals surface area contributed by atoms with Gasteiger partial charge in [0.25, 0.3) is 0 Å². The van der Waals surface area contributed by atoms with Gasteiger partial charge in [-0.05, 0) is 30.5 Å². The number of fused-ring (bicyclic) bond motifs is 1. The molecular formula is C30H31N5S. The summed E-state index contributed by atoms with van der Waals surface area (Å²) < 4.78 is 1.94. The van der Waals surface area contributed by atoms with Crippen molar-refractivity contribution < 1.29 is 0 Å². The van der Waals surface area contributed by atoms with Crippen molar-refractivity contribution in [3.05, 3.63) is 124 Å². The molecule has 3 heterocycles. The third-order valence-corrected chi connectivity index (χ3v) is 8.16. The monoisotopic (exact) mass is 493 g/mol. The lowest BCUT2D eigenvalue weighted by Gasteiger charge is -2.42. The van der Waals surface area contributed by atoms with Gasteiger partial charge in [0.2, 0.25) is 4.96 Å². The Hall–Kier alpha value is -3.32. The molecule has 1 atom stereocenters. The molecule has 36 heavy (non-hydrogen) atoms. The first-order valence-corrected chi connectivity index (χ1v) is 13.4. The zero-order valence-corrected chi connectivity index (χ0v) is 21.6. The molecule has 3 aromatic carbocycles. The second-order valence-corrected chi connectivity index (χ2v) is 10.7. The molecule has 1 unspecified atom stereocenters. The summed E-state index contributed by atoms with van der Waals surface area (Å²) in [4.78, 5) is 12.1. The van der Waals surface area contributed by atoms with Gasteiger partial charge in [-0.1, -0.05) is 102 Å². The van der Waals surface area contributed by atoms with Crippen molar-refractivity contribution in [2.24, 2.45) is 0 Å². The number of benzene rings is 3. The van der Waals surface area contributed by atoms with Crippen LogP contribution in [-0.4, -0.2) is 50.6 Å². The van der Waals surface area contributed by atoms with Crippen molar-refractivity contribution in [3.8, 4) is 0 Å². The molecule has 0 radical (unpaired) electrons. The van der Waals surface area contributed by atoms with E-state index < -0.39 is 0 Å². The van der Waals surface area contributed by atoms with Gasteiger partial charge in [-0.15, -0.1) is 0 Å². The molecule has 1 aliphatic heterocycles. The lowest BCUT2D eigenvalue weighted by atomic mass is 9.96. The molecule has 6 heteroatoms. The van der Waals surface area contributed by atoms with Gasteiger partial charge < -0.3 is 0 Å². The summed E-state index contributed by atoms with van der Waals surface area (Å²) in [5.41, 5.74) is 5.33. The Morgan fingerprint density at radius 3 is 1.75 bits per heavy atom. The van der Waals surface area contributed by atoms with E-state index in [9.17, 15) is 0 Å². The van der Waals surface area contributed by atoms with Crippen molar-refractivity contribution in [2.45, 2.75) is 25.9 Å². The van der Waals surface area contributed by atoms with E-state index >= 15 is 0 Å². The highest BCUT2D eigenvalue weighted by atomic mass is 32.1. The van der Waals surface area contributed by atoms with Crippen LogP contribution in [0, 0.1) is 13.8 Å². The Balaban J connectivity index is 1.29. The van der Waals surface area contributed by atoms with Crippen molar-refractivity contribution in [1.29, 1.82) is 0 Å². The third kappa shape index (κ3) is 4.60. The summed E-state index contributed by atoms with van der Waals surface area (Å²) in [7, 11) is 0. The van der Waals surface area contributed by atoms with E-state index in [1.165, 1.54) is 27.1 Å². The van der Waals surface area contributed by atoms with E-state index in [0.717, 1.165) is 37.0 Å². The van der Waals surface area contributed by atoms with Gasteiger partial charge in [0.15, 0.2) is 0 Å². The summed E-state index contributed by atoms with van der Waals surface area (Å²) in [5.74, 6) is 0.821. The largest absolute Gasteiger partial charge is 0.290 e. The zero-order chi connectivity index (χ0) is 24.5. The van der Waals surface area contributed by atoms with Crippen LogP contribution in [0.1, 0.15) is 45.0 Å². The summed E-state index contributed by atoms with van der Waals surface area (Å²) >= 11 is 1.75. The highest BCUT2D eigenvalue weighted by molar-refractivity contribution is 7.17. The minimum Gasteiger partial charge on any atom is -0.290 e. The maximum Gasteiger partial charge on any atom is 0.212 e. The molecule has 1 saturated heterocycles. The standard InChI is InChI=1S/C30H31N5S/c1-22-13-15-26(16-14-22)29(27-21-35-30(36-27)31-23(2)32-35)34-19-17-33(18-20-34)28(24-9-5-3-6-10-24)25-11-7-4-8-12-25/h3-16,21,28-29H,17-20H2,1-2H3. The van der Waals surface area contributed by atoms with Gasteiger partial charge in [-0.2, -0.15) is 5.10 Å². The maximum absolute atomic E-state index is 4.62. The number of aryl methyl sites for hydroxylation is 2. The smallest absolute Gasteiger partial charge is 0.212 e. The number of aromatic nitrogens is 3. The topological polar surface area (TPSA) is 36.7 Å². The minimum atomic E-state index is 0.202. The van der Waals surface area contributed by atoms with Crippen LogP contribution in [0.5, 0.6) is 0 Å². The molecule has 182 valence electrons. The van der Waals surface area contributed by atoms with E-state index in [1.807, 2.05) is 11.4 Å². The Bertz CT molecular complexity index is 1350. The zero-order valence-electron chi connectivity index (χ0n) is 20.8. The number of hydrogen-bond acceptors (Lipinski definition) is 5. The van der Waals surface area contributed by atoms with E-state index in [0.29, 0.717) is 0 Å². The van der Waals surface area contributed by atoms with Crippen molar-refractivity contribution in [1.82, 2.24) is 24.4 Å². The van der Waals surface area contributed by atoms with Crippen LogP contribution < -0.4 is 0 Å². The van der Waals surface area contributed by atoms with Gasteiger partial charge in [0.1, 0.15) is 5.82 Å². The van der Waals surface area contributed by atoms with E-state index in [2.05, 4.69) is 118 Å². The van der Waals surface area contributed by atoms with Crippen LogP contribution in [0.3, 0.4) is 0 Å². The minimum absolute atomic E-state index is 0.202. The fraction of sp³-hybridized carbons (Fsp3) is 0.267. The van der Waals surface area contributed by atoms with E-state index in [4.69, 9.17) is 0 Å². The van der Waals surface area contributed by atoms with Crippen LogP contribution in [0.25, 0.3) is 4.96 Å². The molecule has 0 spiro atoms. The average molecular weight is 494 g/mol. The fourth-order valence-electron chi connectivity index (χ4n) is 5.39. The normalized spacial score (nSPS) is 16.1. The third-order valence-electron chi connectivity index (χ3n) is 7.14. The molecule has 6 rings (SSSR count). The van der Waals surface area contributed by atoms with Crippen LogP contribution in [0.15, 0.2) is 91.1 Å². The SMILES string of the molecule is Cc1ccc(C(c2cn3nc(C)nc3s2)N2CCN(C(c3ccccc3)c3ccccc3)CC2)cc1. The molecule has 0 aliphatic carbocycles. The number of hydrogen-bond donors (Lipinski definition) is 0. The van der Waals surface area contributed by atoms with Gasteiger partial charge in [-0.3, -0.25) is 9.80 Å². The number of nitrogens with zero attached hydrogens (tertiary/aromatic N) is 5. The van der Waals surface area contributed by atoms with E-state index in [1.54, 1.807) is 11.3 Å². The van der Waals surface area contributed by atoms with Crippen LogP contribution in [0.4, 0.5) is 0 Å². The van der Waals surface area contributed by atoms with Crippen LogP contribution in [0.2, 0.25) is 0 Å². The first-order chi connectivity index (χ1) is 17.7. The number of piperazine rings is 1. The summed E-state index contributed by atoms with van der Waals surface area (Å²) in [5, 5.41) is 4.56. The number of rotatable bonds is 6. The van der Waals surface area contributed by atoms with Crippen molar-refractivity contribution in [3.63, 3.8) is 0 Å². The predicted molar refractivity (Wildman–Crippen MR) is 146 cm³/mol. The molecule has 0 bridgehead atoms. The van der Waals surface area contributed by atoms with Crippen molar-refractivity contribution >= 4 is 16.3 Å². The van der Waals surface area contributed by atoms with Gasteiger partial charge >= 0.3 is 0 Å². The molecule has 5 aromatic rings. The lowest BCUT2D eigenvalue weighted by molar-refractivity contribution is 0.0907. The summed E-state index contributed by atoms with van der Waals surface area (Å²) in [6.45, 7) is 8.12. The highest BCUT2D eigenvalue weighted by Crippen LogP contribution is 2.36. The molecule has 0 N–H and O–H groups in total. The summed E-state index contributed by atoms with van der Waals surface area (Å²) in [6.07, 6.45) is 2.17. The lowest BCUT2D eigenvalue weighted by Crippen LogP contribution is -2.49.